The maximum absolute atomic E-state index is 12.6. The first-order valence-electron chi connectivity index (χ1n) is 8.94. The number of benzene rings is 2. The lowest BCUT2D eigenvalue weighted by Crippen LogP contribution is -2.33. The molecule has 0 radical (unpaired) electrons. The zero-order chi connectivity index (χ0) is 20.3. The van der Waals surface area contributed by atoms with Gasteiger partial charge in [-0.05, 0) is 43.3 Å². The Labute approximate surface area is 163 Å². The molecule has 0 saturated heterocycles. The highest BCUT2D eigenvalue weighted by Gasteiger charge is 2.34. The molecule has 1 heterocycles. The van der Waals surface area contributed by atoms with Crippen LogP contribution in [0.1, 0.15) is 20.3 Å². The highest BCUT2D eigenvalue weighted by molar-refractivity contribution is 6.44. The molecule has 7 heteroatoms. The number of rotatable bonds is 5. The van der Waals surface area contributed by atoms with Crippen LogP contribution in [0.4, 0.5) is 17.1 Å². The molecular weight excluding hydrogens is 356 g/mol. The molecule has 2 aromatic carbocycles. The molecule has 1 aliphatic heterocycles. The molecular formula is C21H22N4O3. The Morgan fingerprint density at radius 3 is 2.25 bits per heavy atom. The predicted molar refractivity (Wildman–Crippen MR) is 110 cm³/mol. The Morgan fingerprint density at radius 1 is 1.04 bits per heavy atom. The Bertz CT molecular complexity index is 922. The third-order valence-electron chi connectivity index (χ3n) is 4.65. The fourth-order valence-corrected chi connectivity index (χ4v) is 2.94. The quantitative estimate of drug-likeness (QED) is 0.867. The van der Waals surface area contributed by atoms with E-state index in [1.54, 1.807) is 36.3 Å². The van der Waals surface area contributed by atoms with Crippen LogP contribution >= 0.6 is 0 Å². The van der Waals surface area contributed by atoms with E-state index >= 15 is 0 Å². The first-order chi connectivity index (χ1) is 13.4. The molecule has 0 aromatic heterocycles. The van der Waals surface area contributed by atoms with E-state index in [0.29, 0.717) is 11.4 Å². The third-order valence-corrected chi connectivity index (χ3v) is 4.65. The minimum Gasteiger partial charge on any atom is -0.321 e. The average molecular weight is 378 g/mol. The normalized spacial score (nSPS) is 15.8. The van der Waals surface area contributed by atoms with Crippen LogP contribution in [0.5, 0.6) is 0 Å². The Balaban J connectivity index is 1.75. The summed E-state index contributed by atoms with van der Waals surface area (Å²) >= 11 is 0. The number of nitrogens with one attached hydrogen (secondary N) is 1. The zero-order valence-corrected chi connectivity index (χ0v) is 16.0. The number of nitrogens with zero attached hydrogens (tertiary/aromatic N) is 3. The van der Waals surface area contributed by atoms with Gasteiger partial charge in [0.25, 0.3) is 5.91 Å². The van der Waals surface area contributed by atoms with E-state index in [4.69, 9.17) is 0 Å². The van der Waals surface area contributed by atoms with Crippen LogP contribution in [0.15, 0.2) is 59.7 Å². The number of anilines is 3. The summed E-state index contributed by atoms with van der Waals surface area (Å²) in [7, 11) is 1.68. The summed E-state index contributed by atoms with van der Waals surface area (Å²) in [6.45, 7) is 2.99. The second-order valence-corrected chi connectivity index (χ2v) is 6.64. The highest BCUT2D eigenvalue weighted by Crippen LogP contribution is 2.25. The van der Waals surface area contributed by atoms with Crippen molar-refractivity contribution in [2.75, 3.05) is 22.3 Å². The molecule has 3 rings (SSSR count). The SMILES string of the molecule is CC(=O)C1CC(C(=O)Nc2ccc(N(C)C(C)=O)cc2)=NN1c1ccccc1. The molecule has 28 heavy (non-hydrogen) atoms. The van der Waals surface area contributed by atoms with E-state index in [0.717, 1.165) is 11.4 Å². The first-order valence-corrected chi connectivity index (χ1v) is 8.94. The van der Waals surface area contributed by atoms with Crippen LogP contribution in [0, 0.1) is 0 Å². The van der Waals surface area contributed by atoms with Crippen LogP contribution in [0.25, 0.3) is 0 Å². The summed E-state index contributed by atoms with van der Waals surface area (Å²) < 4.78 is 0. The minimum atomic E-state index is -0.491. The number of hydrogen-bond donors (Lipinski definition) is 1. The van der Waals surface area contributed by atoms with Crippen LogP contribution in [0.2, 0.25) is 0 Å². The van der Waals surface area contributed by atoms with Crippen molar-refractivity contribution < 1.29 is 14.4 Å². The molecule has 1 N–H and O–H groups in total. The summed E-state index contributed by atoms with van der Waals surface area (Å²) in [5.41, 5.74) is 2.39. The van der Waals surface area contributed by atoms with Crippen molar-refractivity contribution in [1.29, 1.82) is 0 Å². The van der Waals surface area contributed by atoms with Gasteiger partial charge in [0, 0.05) is 31.8 Å². The molecule has 7 nitrogen and oxygen atoms in total. The summed E-state index contributed by atoms with van der Waals surface area (Å²) in [6, 6.07) is 15.8. The molecule has 0 fully saturated rings. The fraction of sp³-hybridized carbons (Fsp3) is 0.238. The maximum Gasteiger partial charge on any atom is 0.271 e. The van der Waals surface area contributed by atoms with Gasteiger partial charge in [-0.1, -0.05) is 18.2 Å². The lowest BCUT2D eigenvalue weighted by atomic mass is 10.1. The monoisotopic (exact) mass is 378 g/mol. The van der Waals surface area contributed by atoms with Crippen LogP contribution in [-0.4, -0.2) is 36.4 Å². The van der Waals surface area contributed by atoms with Gasteiger partial charge in [0.1, 0.15) is 11.8 Å². The maximum atomic E-state index is 12.6. The predicted octanol–water partition coefficient (Wildman–Crippen LogP) is 2.83. The van der Waals surface area contributed by atoms with E-state index in [2.05, 4.69) is 10.4 Å². The fourth-order valence-electron chi connectivity index (χ4n) is 2.94. The molecule has 144 valence electrons. The van der Waals surface area contributed by atoms with E-state index in [1.165, 1.54) is 18.7 Å². The Morgan fingerprint density at radius 2 is 1.68 bits per heavy atom. The van der Waals surface area contributed by atoms with Crippen molar-refractivity contribution >= 4 is 40.4 Å². The van der Waals surface area contributed by atoms with Gasteiger partial charge in [0.05, 0.1) is 5.69 Å². The zero-order valence-electron chi connectivity index (χ0n) is 16.0. The van der Waals surface area contributed by atoms with Crippen LogP contribution in [-0.2, 0) is 14.4 Å². The van der Waals surface area contributed by atoms with E-state index in [-0.39, 0.29) is 24.0 Å². The molecule has 1 unspecified atom stereocenters. The van der Waals surface area contributed by atoms with Gasteiger partial charge in [-0.25, -0.2) is 0 Å². The molecule has 0 aliphatic carbocycles. The van der Waals surface area contributed by atoms with Crippen molar-refractivity contribution in [3.8, 4) is 0 Å². The molecule has 2 amide bonds. The molecule has 1 atom stereocenters. The summed E-state index contributed by atoms with van der Waals surface area (Å²) in [4.78, 5) is 37.6. The molecule has 0 bridgehead atoms. The molecule has 1 aliphatic rings. The van der Waals surface area contributed by atoms with Crippen molar-refractivity contribution in [1.82, 2.24) is 0 Å². The van der Waals surface area contributed by atoms with Gasteiger partial charge >= 0.3 is 0 Å². The third kappa shape index (κ3) is 4.09. The summed E-state index contributed by atoms with van der Waals surface area (Å²) in [5, 5.41) is 8.79. The second-order valence-electron chi connectivity index (χ2n) is 6.64. The van der Waals surface area contributed by atoms with Gasteiger partial charge in [-0.3, -0.25) is 19.4 Å². The van der Waals surface area contributed by atoms with Gasteiger partial charge < -0.3 is 10.2 Å². The lowest BCUT2D eigenvalue weighted by Gasteiger charge is -2.20. The summed E-state index contributed by atoms with van der Waals surface area (Å²) in [6.07, 6.45) is 0.251. The molecule has 0 saturated carbocycles. The van der Waals surface area contributed by atoms with Crippen molar-refractivity contribution in [2.45, 2.75) is 26.3 Å². The number of carbonyl (C=O) groups is 3. The summed E-state index contributed by atoms with van der Waals surface area (Å²) in [5.74, 6) is -0.474. The highest BCUT2D eigenvalue weighted by atomic mass is 16.2. The van der Waals surface area contributed by atoms with E-state index < -0.39 is 6.04 Å². The first kappa shape index (κ1) is 19.3. The number of carbonyl (C=O) groups excluding carboxylic acids is 3. The standard InChI is InChI=1S/C21H22N4O3/c1-14(26)20-13-19(23-25(20)18-7-5-4-6-8-18)21(28)22-16-9-11-17(12-10-16)24(3)15(2)27/h4-12,20H,13H2,1-3H3,(H,22,28). The largest absolute Gasteiger partial charge is 0.321 e. The van der Waals surface area contributed by atoms with Crippen molar-refractivity contribution in [2.24, 2.45) is 5.10 Å². The van der Waals surface area contributed by atoms with E-state index in [9.17, 15) is 14.4 Å². The van der Waals surface area contributed by atoms with Gasteiger partial charge in [-0.15, -0.1) is 0 Å². The number of hydrazone groups is 1. The topological polar surface area (TPSA) is 82.1 Å². The number of ketones is 1. The number of Topliss-reactive ketones (excluding diaryl/α,β-unsaturated/α-hetero) is 1. The van der Waals surface area contributed by atoms with Gasteiger partial charge in [-0.2, -0.15) is 5.10 Å². The van der Waals surface area contributed by atoms with Crippen LogP contribution < -0.4 is 15.2 Å². The van der Waals surface area contributed by atoms with Crippen molar-refractivity contribution in [3.63, 3.8) is 0 Å². The van der Waals surface area contributed by atoms with Crippen molar-refractivity contribution in [3.05, 3.63) is 54.6 Å². The smallest absolute Gasteiger partial charge is 0.271 e. The number of amides is 2. The molecule has 2 aromatic rings. The minimum absolute atomic E-state index is 0.0491. The Kier molecular flexibility index (Phi) is 5.54. The number of hydrogen-bond acceptors (Lipinski definition) is 5. The molecule has 0 spiro atoms. The number of para-hydroxylation sites is 1. The van der Waals surface area contributed by atoms with Gasteiger partial charge in [0.2, 0.25) is 5.91 Å². The van der Waals surface area contributed by atoms with Gasteiger partial charge in [0.15, 0.2) is 5.78 Å². The van der Waals surface area contributed by atoms with Crippen LogP contribution in [0.3, 0.4) is 0 Å². The lowest BCUT2D eigenvalue weighted by molar-refractivity contribution is -0.118. The average Bonchev–Trinajstić information content (AvgIpc) is 3.14. The Hall–Kier alpha value is -3.48. The van der Waals surface area contributed by atoms with E-state index in [1.807, 2.05) is 30.3 Å². The second kappa shape index (κ2) is 8.04.